The average Bonchev–Trinajstić information content (AvgIpc) is 2.71. The van der Waals surface area contributed by atoms with Gasteiger partial charge in [0.25, 0.3) is 5.91 Å². The van der Waals surface area contributed by atoms with Gasteiger partial charge in [-0.1, -0.05) is 12.5 Å². The molecular formula is C21H32N4O3. The Hall–Kier alpha value is -1.96. The second-order valence-corrected chi connectivity index (χ2v) is 7.82. The molecule has 7 nitrogen and oxygen atoms in total. The first-order valence-corrected chi connectivity index (χ1v) is 10.2. The molecule has 0 aliphatic carbocycles. The van der Waals surface area contributed by atoms with Gasteiger partial charge in [0.2, 0.25) is 5.91 Å². The minimum atomic E-state index is -0.798. The van der Waals surface area contributed by atoms with Gasteiger partial charge in [0.15, 0.2) is 0 Å². The fourth-order valence-corrected chi connectivity index (χ4v) is 3.94. The van der Waals surface area contributed by atoms with Crippen molar-refractivity contribution in [3.8, 4) is 0 Å². The van der Waals surface area contributed by atoms with E-state index in [1.807, 2.05) is 25.1 Å². The van der Waals surface area contributed by atoms with Crippen molar-refractivity contribution in [2.24, 2.45) is 0 Å². The number of anilines is 2. The van der Waals surface area contributed by atoms with Gasteiger partial charge < -0.3 is 20.7 Å². The molecule has 2 aliphatic heterocycles. The third-order valence-electron chi connectivity index (χ3n) is 5.80. The number of piperidine rings is 2. The topological polar surface area (TPSA) is 82.7 Å². The minimum Gasteiger partial charge on any atom is -0.368 e. The summed E-state index contributed by atoms with van der Waals surface area (Å²) in [5, 5.41) is 9.23. The van der Waals surface area contributed by atoms with Crippen LogP contribution in [0.1, 0.15) is 37.7 Å². The van der Waals surface area contributed by atoms with Crippen molar-refractivity contribution in [3.05, 3.63) is 23.8 Å². The molecule has 3 N–H and O–H groups in total. The molecule has 28 heavy (non-hydrogen) atoms. The summed E-state index contributed by atoms with van der Waals surface area (Å²) in [4.78, 5) is 27.5. The lowest BCUT2D eigenvalue weighted by Gasteiger charge is -2.34. The summed E-state index contributed by atoms with van der Waals surface area (Å²) in [5.74, 6) is -0.147. The molecule has 7 heteroatoms. The van der Waals surface area contributed by atoms with Gasteiger partial charge in [0.05, 0.1) is 6.54 Å². The Bertz CT molecular complexity index is 695. The fraction of sp³-hybridized carbons (Fsp3) is 0.619. The Balaban J connectivity index is 1.63. The van der Waals surface area contributed by atoms with Gasteiger partial charge in [0, 0.05) is 18.5 Å². The van der Waals surface area contributed by atoms with E-state index >= 15 is 0 Å². The van der Waals surface area contributed by atoms with Gasteiger partial charge in [-0.05, 0) is 76.5 Å². The van der Waals surface area contributed by atoms with E-state index in [2.05, 4.69) is 20.9 Å². The van der Waals surface area contributed by atoms with Crippen LogP contribution in [-0.4, -0.2) is 62.1 Å². The molecule has 0 bridgehead atoms. The number of methoxy groups -OCH3 is 1. The molecule has 154 valence electrons. The summed E-state index contributed by atoms with van der Waals surface area (Å²) >= 11 is 0. The van der Waals surface area contributed by atoms with Crippen molar-refractivity contribution in [1.82, 2.24) is 10.2 Å². The summed E-state index contributed by atoms with van der Waals surface area (Å²) in [6, 6.07) is 5.59. The molecule has 0 spiro atoms. The van der Waals surface area contributed by atoms with E-state index in [4.69, 9.17) is 4.74 Å². The van der Waals surface area contributed by atoms with Crippen LogP contribution in [0.3, 0.4) is 0 Å². The van der Waals surface area contributed by atoms with Crippen LogP contribution < -0.4 is 16.0 Å². The highest BCUT2D eigenvalue weighted by Gasteiger charge is 2.39. The van der Waals surface area contributed by atoms with E-state index < -0.39 is 5.60 Å². The summed E-state index contributed by atoms with van der Waals surface area (Å²) in [5.41, 5.74) is 1.57. The average molecular weight is 389 g/mol. The number of benzene rings is 1. The van der Waals surface area contributed by atoms with E-state index in [9.17, 15) is 9.59 Å². The summed E-state index contributed by atoms with van der Waals surface area (Å²) in [7, 11) is 1.59. The van der Waals surface area contributed by atoms with Crippen molar-refractivity contribution in [3.63, 3.8) is 0 Å². The zero-order chi connectivity index (χ0) is 20.0. The third kappa shape index (κ3) is 5.10. The summed E-state index contributed by atoms with van der Waals surface area (Å²) in [6.45, 7) is 5.84. The third-order valence-corrected chi connectivity index (χ3v) is 5.80. The van der Waals surface area contributed by atoms with E-state index in [0.29, 0.717) is 25.1 Å². The molecule has 2 saturated heterocycles. The highest BCUT2D eigenvalue weighted by Crippen LogP contribution is 2.26. The van der Waals surface area contributed by atoms with Crippen LogP contribution in [-0.2, 0) is 14.3 Å². The number of carbonyl (C=O) groups is 2. The summed E-state index contributed by atoms with van der Waals surface area (Å²) < 4.78 is 5.59. The summed E-state index contributed by atoms with van der Waals surface area (Å²) in [6.07, 6.45) is 4.84. The van der Waals surface area contributed by atoms with Crippen molar-refractivity contribution >= 4 is 23.2 Å². The van der Waals surface area contributed by atoms with E-state index in [1.54, 1.807) is 7.11 Å². The first-order valence-electron chi connectivity index (χ1n) is 10.2. The first-order chi connectivity index (χ1) is 13.5. The molecule has 3 rings (SSSR count). The molecule has 2 aliphatic rings. The molecular weight excluding hydrogens is 356 g/mol. The zero-order valence-corrected chi connectivity index (χ0v) is 17.0. The van der Waals surface area contributed by atoms with E-state index in [0.717, 1.165) is 50.3 Å². The van der Waals surface area contributed by atoms with Gasteiger partial charge in [-0.3, -0.25) is 14.5 Å². The molecule has 2 heterocycles. The number of amides is 2. The lowest BCUT2D eigenvalue weighted by Crippen LogP contribution is -2.51. The van der Waals surface area contributed by atoms with Gasteiger partial charge in [0.1, 0.15) is 5.60 Å². The standard InChI is InChI=1S/C21H32N4O3/c1-16-6-7-17(23-20(27)21(28-2)8-10-22-11-9-21)14-18(16)24-19(26)15-25-12-4-3-5-13-25/h6-7,14,22H,3-5,8-13,15H2,1-2H3,(H,23,27)(H,24,26). The molecule has 0 aromatic heterocycles. The van der Waals surface area contributed by atoms with Crippen LogP contribution in [0.5, 0.6) is 0 Å². The molecule has 1 aromatic carbocycles. The highest BCUT2D eigenvalue weighted by atomic mass is 16.5. The van der Waals surface area contributed by atoms with E-state index in [1.165, 1.54) is 6.42 Å². The van der Waals surface area contributed by atoms with Crippen molar-refractivity contribution in [2.75, 3.05) is 50.5 Å². The lowest BCUT2D eigenvalue weighted by atomic mass is 9.91. The molecule has 2 fully saturated rings. The van der Waals surface area contributed by atoms with Gasteiger partial charge >= 0.3 is 0 Å². The molecule has 0 saturated carbocycles. The Morgan fingerprint density at radius 1 is 1.14 bits per heavy atom. The maximum atomic E-state index is 12.8. The second kappa shape index (κ2) is 9.49. The van der Waals surface area contributed by atoms with Gasteiger partial charge in [-0.25, -0.2) is 0 Å². The normalized spacial score (nSPS) is 19.8. The monoisotopic (exact) mass is 388 g/mol. The fourth-order valence-electron chi connectivity index (χ4n) is 3.94. The molecule has 0 atom stereocenters. The van der Waals surface area contributed by atoms with Crippen LogP contribution >= 0.6 is 0 Å². The smallest absolute Gasteiger partial charge is 0.256 e. The van der Waals surface area contributed by atoms with Crippen LogP contribution in [0.15, 0.2) is 18.2 Å². The largest absolute Gasteiger partial charge is 0.368 e. The first kappa shape index (κ1) is 20.8. The Morgan fingerprint density at radius 2 is 1.86 bits per heavy atom. The van der Waals surface area contributed by atoms with Gasteiger partial charge in [-0.2, -0.15) is 0 Å². The predicted molar refractivity (Wildman–Crippen MR) is 111 cm³/mol. The number of nitrogens with zero attached hydrogens (tertiary/aromatic N) is 1. The second-order valence-electron chi connectivity index (χ2n) is 7.82. The zero-order valence-electron chi connectivity index (χ0n) is 17.0. The van der Waals surface area contributed by atoms with Crippen molar-refractivity contribution < 1.29 is 14.3 Å². The van der Waals surface area contributed by atoms with Crippen LogP contribution in [0.2, 0.25) is 0 Å². The maximum absolute atomic E-state index is 12.8. The van der Waals surface area contributed by atoms with Crippen LogP contribution in [0, 0.1) is 6.92 Å². The number of rotatable bonds is 6. The number of carbonyl (C=O) groups excluding carboxylic acids is 2. The quantitative estimate of drug-likeness (QED) is 0.695. The SMILES string of the molecule is COC1(C(=O)Nc2ccc(C)c(NC(=O)CN3CCCCC3)c2)CCNCC1. The number of aryl methyl sites for hydroxylation is 1. The Labute approximate surface area is 167 Å². The molecule has 0 radical (unpaired) electrons. The van der Waals surface area contributed by atoms with Crippen molar-refractivity contribution in [2.45, 2.75) is 44.6 Å². The predicted octanol–water partition coefficient (Wildman–Crippen LogP) is 2.13. The molecule has 1 aromatic rings. The molecule has 2 amide bonds. The number of likely N-dealkylation sites (tertiary alicyclic amines) is 1. The van der Waals surface area contributed by atoms with E-state index in [-0.39, 0.29) is 11.8 Å². The lowest BCUT2D eigenvalue weighted by molar-refractivity contribution is -0.140. The number of nitrogens with one attached hydrogen (secondary N) is 3. The van der Waals surface area contributed by atoms with Gasteiger partial charge in [-0.15, -0.1) is 0 Å². The highest BCUT2D eigenvalue weighted by molar-refractivity contribution is 5.99. The maximum Gasteiger partial charge on any atom is 0.256 e. The molecule has 0 unspecified atom stereocenters. The van der Waals surface area contributed by atoms with Crippen LogP contribution in [0.4, 0.5) is 11.4 Å². The number of hydrogen-bond donors (Lipinski definition) is 3. The Morgan fingerprint density at radius 3 is 2.54 bits per heavy atom. The minimum absolute atomic E-state index is 0.0137. The number of ether oxygens (including phenoxy) is 1. The van der Waals surface area contributed by atoms with Crippen molar-refractivity contribution in [1.29, 1.82) is 0 Å². The van der Waals surface area contributed by atoms with Crippen LogP contribution in [0.25, 0.3) is 0 Å². The number of hydrogen-bond acceptors (Lipinski definition) is 5. The Kier molecular flexibility index (Phi) is 7.04.